The van der Waals surface area contributed by atoms with E-state index in [2.05, 4.69) is 10.2 Å². The van der Waals surface area contributed by atoms with Crippen LogP contribution in [0.1, 0.15) is 24.1 Å². The van der Waals surface area contributed by atoms with Gasteiger partial charge in [0.15, 0.2) is 11.5 Å². The van der Waals surface area contributed by atoms with Gasteiger partial charge < -0.3 is 24.4 Å². The molecule has 29 heavy (non-hydrogen) atoms. The minimum Gasteiger partial charge on any atom is -0.497 e. The Hall–Kier alpha value is -2.99. The van der Waals surface area contributed by atoms with Gasteiger partial charge in [-0.3, -0.25) is 4.79 Å². The molecule has 1 N–H and O–H groups in total. The number of methoxy groups -OCH3 is 2. The standard InChI is InChI=1S/C23H30N2O4/c1-6-29-21-13-7-17(15-22(21)28-5)8-14-23(26)24-16-20(25(2)3)18-9-11-19(27-4)12-10-18/h7-15,20H,6,16H2,1-5H3,(H,24,26)/b14-8+. The largest absolute Gasteiger partial charge is 0.497 e. The molecule has 0 aliphatic heterocycles. The van der Waals surface area contributed by atoms with Crippen LogP contribution in [-0.4, -0.2) is 52.3 Å². The van der Waals surface area contributed by atoms with Gasteiger partial charge in [-0.15, -0.1) is 0 Å². The first kappa shape index (κ1) is 22.3. The van der Waals surface area contributed by atoms with Crippen molar-refractivity contribution in [2.45, 2.75) is 13.0 Å². The molecule has 2 rings (SSSR count). The molecular formula is C23H30N2O4. The fourth-order valence-electron chi connectivity index (χ4n) is 2.92. The first-order valence-electron chi connectivity index (χ1n) is 9.55. The number of likely N-dealkylation sites (N-methyl/N-ethyl adjacent to an activating group) is 1. The van der Waals surface area contributed by atoms with E-state index in [0.717, 1.165) is 16.9 Å². The van der Waals surface area contributed by atoms with Gasteiger partial charge in [0.1, 0.15) is 5.75 Å². The van der Waals surface area contributed by atoms with Crippen molar-refractivity contribution in [3.8, 4) is 17.2 Å². The van der Waals surface area contributed by atoms with Crippen molar-refractivity contribution in [1.29, 1.82) is 0 Å². The van der Waals surface area contributed by atoms with Gasteiger partial charge in [-0.05, 0) is 62.5 Å². The van der Waals surface area contributed by atoms with Crippen molar-refractivity contribution in [2.24, 2.45) is 0 Å². The molecule has 0 spiro atoms. The van der Waals surface area contributed by atoms with E-state index in [9.17, 15) is 4.79 Å². The molecule has 0 radical (unpaired) electrons. The molecule has 1 amide bonds. The summed E-state index contributed by atoms with van der Waals surface area (Å²) in [4.78, 5) is 14.4. The molecule has 0 fully saturated rings. The van der Waals surface area contributed by atoms with Gasteiger partial charge in [0.2, 0.25) is 5.91 Å². The summed E-state index contributed by atoms with van der Waals surface area (Å²) in [5.74, 6) is 1.98. The predicted octanol–water partition coefficient (Wildman–Crippen LogP) is 3.53. The van der Waals surface area contributed by atoms with Crippen LogP contribution < -0.4 is 19.5 Å². The van der Waals surface area contributed by atoms with E-state index < -0.39 is 0 Å². The van der Waals surface area contributed by atoms with Crippen LogP contribution in [0.4, 0.5) is 0 Å². The second kappa shape index (κ2) is 11.1. The van der Waals surface area contributed by atoms with Crippen molar-refractivity contribution in [3.63, 3.8) is 0 Å². The summed E-state index contributed by atoms with van der Waals surface area (Å²) in [6.45, 7) is 2.98. The maximum atomic E-state index is 12.3. The van der Waals surface area contributed by atoms with Crippen molar-refractivity contribution in [2.75, 3.05) is 41.5 Å². The Labute approximate surface area is 173 Å². The molecule has 0 heterocycles. The number of amides is 1. The summed E-state index contributed by atoms with van der Waals surface area (Å²) in [5, 5.41) is 2.97. The minimum atomic E-state index is -0.154. The van der Waals surface area contributed by atoms with Crippen LogP contribution in [0, 0.1) is 0 Å². The molecule has 0 saturated carbocycles. The van der Waals surface area contributed by atoms with Crippen LogP contribution in [0.3, 0.4) is 0 Å². The fourth-order valence-corrected chi connectivity index (χ4v) is 2.92. The van der Waals surface area contributed by atoms with E-state index in [4.69, 9.17) is 14.2 Å². The smallest absolute Gasteiger partial charge is 0.244 e. The number of nitrogens with zero attached hydrogens (tertiary/aromatic N) is 1. The van der Waals surface area contributed by atoms with E-state index in [1.807, 2.05) is 63.5 Å². The summed E-state index contributed by atoms with van der Waals surface area (Å²) in [7, 11) is 7.22. The number of ether oxygens (including phenoxy) is 3. The molecular weight excluding hydrogens is 368 g/mol. The highest BCUT2D eigenvalue weighted by Crippen LogP contribution is 2.28. The number of nitrogens with one attached hydrogen (secondary N) is 1. The van der Waals surface area contributed by atoms with E-state index in [0.29, 0.717) is 24.7 Å². The van der Waals surface area contributed by atoms with Crippen LogP contribution in [-0.2, 0) is 4.79 Å². The first-order chi connectivity index (χ1) is 14.0. The number of benzene rings is 2. The average molecular weight is 399 g/mol. The van der Waals surface area contributed by atoms with Crippen molar-refractivity contribution in [3.05, 3.63) is 59.7 Å². The van der Waals surface area contributed by atoms with E-state index >= 15 is 0 Å². The summed E-state index contributed by atoms with van der Waals surface area (Å²) < 4.78 is 16.1. The summed E-state index contributed by atoms with van der Waals surface area (Å²) in [6.07, 6.45) is 3.28. The molecule has 0 saturated heterocycles. The van der Waals surface area contributed by atoms with Gasteiger partial charge in [0.25, 0.3) is 0 Å². The number of hydrogen-bond donors (Lipinski definition) is 1. The number of rotatable bonds is 10. The Morgan fingerprint density at radius 3 is 2.38 bits per heavy atom. The lowest BCUT2D eigenvalue weighted by Crippen LogP contribution is -2.33. The lowest BCUT2D eigenvalue weighted by atomic mass is 10.1. The highest BCUT2D eigenvalue weighted by Gasteiger charge is 2.15. The third kappa shape index (κ3) is 6.54. The maximum Gasteiger partial charge on any atom is 0.244 e. The van der Waals surface area contributed by atoms with Gasteiger partial charge in [0.05, 0.1) is 26.9 Å². The fraction of sp³-hybridized carbons (Fsp3) is 0.348. The van der Waals surface area contributed by atoms with Gasteiger partial charge in [-0.2, -0.15) is 0 Å². The lowest BCUT2D eigenvalue weighted by Gasteiger charge is -2.25. The molecule has 1 atom stereocenters. The first-order valence-corrected chi connectivity index (χ1v) is 9.55. The summed E-state index contributed by atoms with van der Waals surface area (Å²) in [6, 6.07) is 13.5. The number of carbonyl (C=O) groups is 1. The molecule has 0 bridgehead atoms. The Morgan fingerprint density at radius 2 is 1.79 bits per heavy atom. The van der Waals surface area contributed by atoms with Crippen LogP contribution in [0.5, 0.6) is 17.2 Å². The predicted molar refractivity (Wildman–Crippen MR) is 116 cm³/mol. The van der Waals surface area contributed by atoms with Crippen LogP contribution in [0.15, 0.2) is 48.5 Å². The van der Waals surface area contributed by atoms with Crippen molar-refractivity contribution < 1.29 is 19.0 Å². The Kier molecular flexibility index (Phi) is 8.55. The maximum absolute atomic E-state index is 12.3. The SMILES string of the molecule is CCOc1ccc(/C=C/C(=O)NCC(c2ccc(OC)cc2)N(C)C)cc1OC. The van der Waals surface area contributed by atoms with Gasteiger partial charge in [-0.25, -0.2) is 0 Å². The van der Waals surface area contributed by atoms with Crippen LogP contribution in [0.2, 0.25) is 0 Å². The summed E-state index contributed by atoms with van der Waals surface area (Å²) >= 11 is 0. The number of carbonyl (C=O) groups excluding carboxylic acids is 1. The molecule has 6 heteroatoms. The van der Waals surface area contributed by atoms with Crippen molar-refractivity contribution in [1.82, 2.24) is 10.2 Å². The van der Waals surface area contributed by atoms with E-state index in [1.54, 1.807) is 20.3 Å². The second-order valence-electron chi connectivity index (χ2n) is 6.67. The topological polar surface area (TPSA) is 60.0 Å². The second-order valence-corrected chi connectivity index (χ2v) is 6.67. The van der Waals surface area contributed by atoms with E-state index in [1.165, 1.54) is 6.08 Å². The molecule has 0 aliphatic rings. The normalized spacial score (nSPS) is 12.1. The average Bonchev–Trinajstić information content (AvgIpc) is 2.73. The molecule has 0 aliphatic carbocycles. The molecule has 1 unspecified atom stereocenters. The molecule has 2 aromatic rings. The zero-order chi connectivity index (χ0) is 21.2. The molecule has 156 valence electrons. The quantitative estimate of drug-likeness (QED) is 0.621. The van der Waals surface area contributed by atoms with Gasteiger partial charge in [-0.1, -0.05) is 18.2 Å². The highest BCUT2D eigenvalue weighted by atomic mass is 16.5. The molecule has 0 aromatic heterocycles. The number of hydrogen-bond acceptors (Lipinski definition) is 5. The third-order valence-corrected chi connectivity index (χ3v) is 4.51. The van der Waals surface area contributed by atoms with Gasteiger partial charge in [0, 0.05) is 12.6 Å². The minimum absolute atomic E-state index is 0.0591. The van der Waals surface area contributed by atoms with Gasteiger partial charge >= 0.3 is 0 Å². The Balaban J connectivity index is 1.99. The highest BCUT2D eigenvalue weighted by molar-refractivity contribution is 5.91. The summed E-state index contributed by atoms with van der Waals surface area (Å²) in [5.41, 5.74) is 1.97. The Morgan fingerprint density at radius 1 is 1.07 bits per heavy atom. The van der Waals surface area contributed by atoms with Crippen molar-refractivity contribution >= 4 is 12.0 Å². The molecule has 6 nitrogen and oxygen atoms in total. The third-order valence-electron chi connectivity index (χ3n) is 4.51. The van der Waals surface area contributed by atoms with Crippen LogP contribution >= 0.6 is 0 Å². The lowest BCUT2D eigenvalue weighted by molar-refractivity contribution is -0.116. The zero-order valence-electron chi connectivity index (χ0n) is 17.8. The Bertz CT molecular complexity index is 816. The molecule has 2 aromatic carbocycles. The van der Waals surface area contributed by atoms with Crippen LogP contribution in [0.25, 0.3) is 6.08 Å². The van der Waals surface area contributed by atoms with E-state index in [-0.39, 0.29) is 11.9 Å². The monoisotopic (exact) mass is 398 g/mol. The zero-order valence-corrected chi connectivity index (χ0v) is 17.8.